The van der Waals surface area contributed by atoms with Crippen LogP contribution in [0.1, 0.15) is 23.4 Å². The molecule has 0 aliphatic carbocycles. The highest BCUT2D eigenvalue weighted by atomic mass is 32.2. The Bertz CT molecular complexity index is 1310. The van der Waals surface area contributed by atoms with Crippen molar-refractivity contribution >= 4 is 22.7 Å². The fourth-order valence-corrected chi connectivity index (χ4v) is 4.03. The molecule has 0 unspecified atom stereocenters. The molecule has 9 heteroatoms. The summed E-state index contributed by atoms with van der Waals surface area (Å²) in [7, 11) is 1.55. The number of ether oxygens (including phenoxy) is 1. The van der Waals surface area contributed by atoms with Crippen molar-refractivity contribution in [3.8, 4) is 17.1 Å². The fraction of sp³-hybridized carbons (Fsp3) is 0.182. The SMILES string of the molecule is COc1ccc(-c2nc3ccccc3c(=O)[nH]2)cc1CSc1nc(C)cc(C(F)F)n1. The maximum atomic E-state index is 13.0. The summed E-state index contributed by atoms with van der Waals surface area (Å²) in [5.41, 5.74) is 2.06. The van der Waals surface area contributed by atoms with Crippen LogP contribution in [0, 0.1) is 6.92 Å². The van der Waals surface area contributed by atoms with E-state index in [2.05, 4.69) is 19.9 Å². The van der Waals surface area contributed by atoms with Gasteiger partial charge in [-0.15, -0.1) is 0 Å². The van der Waals surface area contributed by atoms with E-state index < -0.39 is 6.43 Å². The Morgan fingerprint density at radius 1 is 1.10 bits per heavy atom. The van der Waals surface area contributed by atoms with Crippen LogP contribution in [0.3, 0.4) is 0 Å². The number of hydrogen-bond acceptors (Lipinski definition) is 6. The van der Waals surface area contributed by atoms with E-state index in [0.29, 0.717) is 39.5 Å². The van der Waals surface area contributed by atoms with Crippen LogP contribution in [0.5, 0.6) is 5.75 Å². The van der Waals surface area contributed by atoms with Gasteiger partial charge in [0.05, 0.1) is 18.0 Å². The molecular formula is C22H18F2N4O2S. The summed E-state index contributed by atoms with van der Waals surface area (Å²) < 4.78 is 31.5. The van der Waals surface area contributed by atoms with Crippen molar-refractivity contribution in [2.45, 2.75) is 24.3 Å². The smallest absolute Gasteiger partial charge is 0.280 e. The highest BCUT2D eigenvalue weighted by molar-refractivity contribution is 7.98. The lowest BCUT2D eigenvalue weighted by atomic mass is 10.1. The lowest BCUT2D eigenvalue weighted by Crippen LogP contribution is -2.09. The Labute approximate surface area is 180 Å². The molecule has 0 aliphatic rings. The van der Waals surface area contributed by atoms with Gasteiger partial charge in [0.1, 0.15) is 17.3 Å². The number of aromatic nitrogens is 4. The van der Waals surface area contributed by atoms with Gasteiger partial charge in [-0.25, -0.2) is 23.7 Å². The Balaban J connectivity index is 1.67. The molecule has 6 nitrogen and oxygen atoms in total. The van der Waals surface area contributed by atoms with Gasteiger partial charge in [0.25, 0.3) is 12.0 Å². The standard InChI is InChI=1S/C22H18F2N4O2S/c1-12-9-17(19(23)24)27-22(25-12)31-11-14-10-13(7-8-18(14)30-2)20-26-16-6-4-3-5-15(16)21(29)28-20/h3-10,19H,11H2,1-2H3,(H,26,28,29). The first-order chi connectivity index (χ1) is 14.9. The average molecular weight is 440 g/mol. The third-order valence-electron chi connectivity index (χ3n) is 4.60. The molecule has 4 rings (SSSR count). The largest absolute Gasteiger partial charge is 0.496 e. The minimum Gasteiger partial charge on any atom is -0.496 e. The molecule has 2 aromatic heterocycles. The molecular weight excluding hydrogens is 422 g/mol. The van der Waals surface area contributed by atoms with Crippen LogP contribution in [0.25, 0.3) is 22.3 Å². The van der Waals surface area contributed by atoms with Gasteiger partial charge in [0.2, 0.25) is 0 Å². The van der Waals surface area contributed by atoms with E-state index in [1.54, 1.807) is 44.4 Å². The molecule has 0 atom stereocenters. The van der Waals surface area contributed by atoms with Crippen LogP contribution in [-0.2, 0) is 5.75 Å². The van der Waals surface area contributed by atoms with Gasteiger partial charge in [0.15, 0.2) is 5.16 Å². The van der Waals surface area contributed by atoms with Crippen molar-refractivity contribution in [1.29, 1.82) is 0 Å². The summed E-state index contributed by atoms with van der Waals surface area (Å²) in [6.45, 7) is 1.65. The highest BCUT2D eigenvalue weighted by Gasteiger charge is 2.14. The summed E-state index contributed by atoms with van der Waals surface area (Å²) >= 11 is 1.23. The van der Waals surface area contributed by atoms with Crippen molar-refractivity contribution in [3.05, 3.63) is 75.8 Å². The second-order valence-corrected chi connectivity index (χ2v) is 7.71. The zero-order valence-corrected chi connectivity index (χ0v) is 17.5. The Morgan fingerprint density at radius 3 is 2.68 bits per heavy atom. The number of nitrogens with zero attached hydrogens (tertiary/aromatic N) is 3. The molecule has 1 N–H and O–H groups in total. The quantitative estimate of drug-likeness (QED) is 0.338. The molecule has 0 radical (unpaired) electrons. The Morgan fingerprint density at radius 2 is 1.90 bits per heavy atom. The van der Waals surface area contributed by atoms with E-state index in [0.717, 1.165) is 5.56 Å². The summed E-state index contributed by atoms with van der Waals surface area (Å²) in [5, 5.41) is 0.780. The van der Waals surface area contributed by atoms with Crippen LogP contribution in [0.15, 0.2) is 58.5 Å². The van der Waals surface area contributed by atoms with Crippen molar-refractivity contribution in [3.63, 3.8) is 0 Å². The summed E-state index contributed by atoms with van der Waals surface area (Å²) in [6, 6.07) is 13.8. The highest BCUT2D eigenvalue weighted by Crippen LogP contribution is 2.31. The number of methoxy groups -OCH3 is 1. The first-order valence-electron chi connectivity index (χ1n) is 9.37. The Kier molecular flexibility index (Phi) is 5.94. The number of aromatic amines is 1. The van der Waals surface area contributed by atoms with Crippen molar-refractivity contribution < 1.29 is 13.5 Å². The third-order valence-corrected chi connectivity index (χ3v) is 5.50. The topological polar surface area (TPSA) is 80.8 Å². The number of halogens is 2. The molecule has 0 saturated carbocycles. The third kappa shape index (κ3) is 4.56. The summed E-state index contributed by atoms with van der Waals surface area (Å²) in [4.78, 5) is 27.9. The molecule has 0 bridgehead atoms. The first kappa shape index (κ1) is 20.9. The number of rotatable bonds is 6. The number of benzene rings is 2. The van der Waals surface area contributed by atoms with E-state index in [1.807, 2.05) is 12.1 Å². The summed E-state index contributed by atoms with van der Waals surface area (Å²) in [5.74, 6) is 1.45. The van der Waals surface area contributed by atoms with E-state index in [9.17, 15) is 13.6 Å². The average Bonchev–Trinajstić information content (AvgIpc) is 2.77. The van der Waals surface area contributed by atoms with Gasteiger partial charge < -0.3 is 9.72 Å². The first-order valence-corrected chi connectivity index (χ1v) is 10.4. The summed E-state index contributed by atoms with van der Waals surface area (Å²) in [6.07, 6.45) is -2.66. The number of H-pyrrole nitrogens is 1. The minimum atomic E-state index is -2.66. The van der Waals surface area contributed by atoms with E-state index in [1.165, 1.54) is 17.8 Å². The number of thioether (sulfide) groups is 1. The molecule has 0 fully saturated rings. The van der Waals surface area contributed by atoms with Crippen molar-refractivity contribution in [1.82, 2.24) is 19.9 Å². The second-order valence-electron chi connectivity index (χ2n) is 6.76. The van der Waals surface area contributed by atoms with E-state index in [4.69, 9.17) is 4.74 Å². The molecule has 158 valence electrons. The van der Waals surface area contributed by atoms with Gasteiger partial charge in [0, 0.05) is 22.6 Å². The van der Waals surface area contributed by atoms with Gasteiger partial charge in [-0.3, -0.25) is 4.79 Å². The maximum Gasteiger partial charge on any atom is 0.280 e. The van der Waals surface area contributed by atoms with E-state index in [-0.39, 0.29) is 16.4 Å². The molecule has 0 saturated heterocycles. The van der Waals surface area contributed by atoms with Crippen LogP contribution in [-0.4, -0.2) is 27.0 Å². The molecule has 0 spiro atoms. The van der Waals surface area contributed by atoms with Gasteiger partial charge in [-0.05, 0) is 43.3 Å². The molecule has 0 amide bonds. The molecule has 2 heterocycles. The molecule has 31 heavy (non-hydrogen) atoms. The second kappa shape index (κ2) is 8.81. The van der Waals surface area contributed by atoms with Gasteiger partial charge >= 0.3 is 0 Å². The van der Waals surface area contributed by atoms with Gasteiger partial charge in [-0.1, -0.05) is 23.9 Å². The molecule has 2 aromatic carbocycles. The van der Waals surface area contributed by atoms with Crippen molar-refractivity contribution in [2.75, 3.05) is 7.11 Å². The predicted octanol–water partition coefficient (Wildman–Crippen LogP) is 4.93. The van der Waals surface area contributed by atoms with Crippen LogP contribution < -0.4 is 10.3 Å². The minimum absolute atomic E-state index is 0.222. The Hall–Kier alpha value is -3.33. The number of nitrogens with one attached hydrogen (secondary N) is 1. The number of hydrogen-bond donors (Lipinski definition) is 1. The normalized spacial score (nSPS) is 11.3. The predicted molar refractivity (Wildman–Crippen MR) is 116 cm³/mol. The zero-order chi connectivity index (χ0) is 22.0. The lowest BCUT2D eigenvalue weighted by molar-refractivity contribution is 0.145. The van der Waals surface area contributed by atoms with Gasteiger partial charge in [-0.2, -0.15) is 0 Å². The van der Waals surface area contributed by atoms with Crippen molar-refractivity contribution in [2.24, 2.45) is 0 Å². The number of para-hydroxylation sites is 1. The number of aryl methyl sites for hydroxylation is 1. The number of alkyl halides is 2. The van der Waals surface area contributed by atoms with Crippen LogP contribution >= 0.6 is 11.8 Å². The molecule has 4 aromatic rings. The zero-order valence-electron chi connectivity index (χ0n) is 16.7. The maximum absolute atomic E-state index is 13.0. The number of fused-ring (bicyclic) bond motifs is 1. The fourth-order valence-electron chi connectivity index (χ4n) is 3.15. The lowest BCUT2D eigenvalue weighted by Gasteiger charge is -2.11. The van der Waals surface area contributed by atoms with Crippen LogP contribution in [0.4, 0.5) is 8.78 Å². The van der Waals surface area contributed by atoms with E-state index >= 15 is 0 Å². The monoisotopic (exact) mass is 440 g/mol. The molecule has 0 aliphatic heterocycles. The van der Waals surface area contributed by atoms with Crippen LogP contribution in [0.2, 0.25) is 0 Å².